The molecule has 0 saturated heterocycles. The van der Waals surface area contributed by atoms with Gasteiger partial charge in [0.1, 0.15) is 11.8 Å². The van der Waals surface area contributed by atoms with E-state index < -0.39 is 5.92 Å². The first kappa shape index (κ1) is 18.0. The molecule has 0 saturated carbocycles. The number of nitrogens with two attached hydrogens (primary N) is 1. The summed E-state index contributed by atoms with van der Waals surface area (Å²) < 4.78 is 0. The number of benzene rings is 1. The molecule has 2 rings (SSSR count). The Balaban J connectivity index is 1.75. The average molecular weight is 328 g/mol. The van der Waals surface area contributed by atoms with Crippen molar-refractivity contribution in [1.29, 1.82) is 0 Å². The van der Waals surface area contributed by atoms with Gasteiger partial charge >= 0.3 is 0 Å². The number of rotatable bonds is 9. The van der Waals surface area contributed by atoms with E-state index in [2.05, 4.69) is 17.3 Å². The van der Waals surface area contributed by atoms with Crippen molar-refractivity contribution >= 4 is 17.4 Å². The van der Waals surface area contributed by atoms with Crippen LogP contribution >= 0.6 is 0 Å². The van der Waals surface area contributed by atoms with E-state index in [1.54, 1.807) is 17.3 Å². The number of hydrogen-bond donors (Lipinski definition) is 2. The molecule has 1 aromatic carbocycles. The summed E-state index contributed by atoms with van der Waals surface area (Å²) in [5.41, 5.74) is 6.91. The predicted molar refractivity (Wildman–Crippen MR) is 99.6 cm³/mol. The molecule has 1 aliphatic heterocycles. The predicted octanol–water partition coefficient (Wildman–Crippen LogP) is 3.39. The van der Waals surface area contributed by atoms with Gasteiger partial charge in [-0.15, -0.1) is 0 Å². The van der Waals surface area contributed by atoms with Crippen LogP contribution in [-0.2, 0) is 4.79 Å². The monoisotopic (exact) mass is 328 g/mol. The van der Waals surface area contributed by atoms with Gasteiger partial charge in [0.25, 0.3) is 0 Å². The van der Waals surface area contributed by atoms with Gasteiger partial charge in [0.05, 0.1) is 5.69 Å². The number of carbonyl (C=O) groups excluding carboxylic acids is 1. The number of unbranched alkanes of at least 4 members (excludes halogenated alkanes) is 5. The number of nitrogens with one attached hydrogen (secondary N) is 1. The summed E-state index contributed by atoms with van der Waals surface area (Å²) in [6, 6.07) is 9.71. The largest absolute Gasteiger partial charge is 0.385 e. The molecule has 1 heterocycles. The molecule has 0 bridgehead atoms. The molecule has 3 N–H and O–H groups in total. The fourth-order valence-electron chi connectivity index (χ4n) is 2.66. The second kappa shape index (κ2) is 9.75. The Hall–Kier alpha value is -2.30. The molecular weight excluding hydrogens is 300 g/mol. The van der Waals surface area contributed by atoms with Crippen LogP contribution < -0.4 is 16.1 Å². The van der Waals surface area contributed by atoms with E-state index in [1.807, 2.05) is 30.3 Å². The first-order chi connectivity index (χ1) is 11.7. The smallest absolute Gasteiger partial charge is 0.234 e. The lowest BCUT2D eigenvalue weighted by Gasteiger charge is -2.23. The van der Waals surface area contributed by atoms with Gasteiger partial charge < -0.3 is 11.1 Å². The number of amidine groups is 1. The van der Waals surface area contributed by atoms with Crippen LogP contribution in [0, 0.1) is 5.92 Å². The van der Waals surface area contributed by atoms with E-state index in [0.717, 1.165) is 18.5 Å². The van der Waals surface area contributed by atoms with Gasteiger partial charge in [0.15, 0.2) is 0 Å². The lowest BCUT2D eigenvalue weighted by molar-refractivity contribution is -0.121. The Morgan fingerprint density at radius 1 is 1.17 bits per heavy atom. The van der Waals surface area contributed by atoms with Crippen LogP contribution in [0.5, 0.6) is 0 Å². The maximum Gasteiger partial charge on any atom is 0.234 e. The lowest BCUT2D eigenvalue weighted by Crippen LogP contribution is -2.41. The van der Waals surface area contributed by atoms with Crippen molar-refractivity contribution in [1.82, 2.24) is 5.32 Å². The fraction of sp³-hybridized carbons (Fsp3) is 0.474. The quantitative estimate of drug-likeness (QED) is 0.683. The second-order valence-corrected chi connectivity index (χ2v) is 6.08. The Kier molecular flexibility index (Phi) is 7.33. The summed E-state index contributed by atoms with van der Waals surface area (Å²) >= 11 is 0. The maximum absolute atomic E-state index is 12.2. The molecule has 130 valence electrons. The van der Waals surface area contributed by atoms with Gasteiger partial charge in [0.2, 0.25) is 5.91 Å². The molecule has 1 aromatic rings. The van der Waals surface area contributed by atoms with Gasteiger partial charge in [0, 0.05) is 12.7 Å². The Labute approximate surface area is 144 Å². The van der Waals surface area contributed by atoms with Gasteiger partial charge in [-0.3, -0.25) is 4.79 Å². The van der Waals surface area contributed by atoms with Crippen LogP contribution in [0.3, 0.4) is 0 Å². The summed E-state index contributed by atoms with van der Waals surface area (Å²) in [6.45, 7) is 2.91. The van der Waals surface area contributed by atoms with Crippen molar-refractivity contribution in [3.05, 3.63) is 42.6 Å². The fourth-order valence-corrected chi connectivity index (χ4v) is 2.66. The van der Waals surface area contributed by atoms with E-state index in [4.69, 9.17) is 5.73 Å². The molecule has 24 heavy (non-hydrogen) atoms. The molecule has 5 nitrogen and oxygen atoms in total. The molecule has 1 amide bonds. The van der Waals surface area contributed by atoms with Gasteiger partial charge in [-0.2, -0.15) is 5.10 Å². The highest BCUT2D eigenvalue weighted by atomic mass is 16.1. The standard InChI is InChI=1S/C19H28N4O/c1-2-3-4-5-6-10-14-21-19(24)17-13-15-23(22-18(17)20)16-11-8-7-9-12-16/h7-9,11-13,15,17H,2-6,10,14H2,1H3,(H2,20,22)(H,21,24). The number of carbonyl (C=O) groups is 1. The second-order valence-electron chi connectivity index (χ2n) is 6.08. The number of hydrazone groups is 1. The third kappa shape index (κ3) is 5.41. The van der Waals surface area contributed by atoms with Crippen LogP contribution in [0.4, 0.5) is 5.69 Å². The van der Waals surface area contributed by atoms with E-state index >= 15 is 0 Å². The molecule has 1 atom stereocenters. The van der Waals surface area contributed by atoms with Crippen LogP contribution in [0.25, 0.3) is 0 Å². The third-order valence-electron chi connectivity index (χ3n) is 4.09. The zero-order valence-corrected chi connectivity index (χ0v) is 14.4. The molecule has 0 aromatic heterocycles. The van der Waals surface area contributed by atoms with Crippen molar-refractivity contribution in [3.63, 3.8) is 0 Å². The minimum Gasteiger partial charge on any atom is -0.385 e. The molecule has 0 spiro atoms. The molecule has 0 fully saturated rings. The van der Waals surface area contributed by atoms with E-state index in [1.165, 1.54) is 25.7 Å². The Morgan fingerprint density at radius 2 is 1.88 bits per heavy atom. The molecular formula is C19H28N4O. The number of para-hydroxylation sites is 1. The lowest BCUT2D eigenvalue weighted by atomic mass is 10.1. The summed E-state index contributed by atoms with van der Waals surface area (Å²) in [5, 5.41) is 8.96. The topological polar surface area (TPSA) is 70.7 Å². The first-order valence-electron chi connectivity index (χ1n) is 8.86. The molecule has 5 heteroatoms. The Morgan fingerprint density at radius 3 is 2.58 bits per heavy atom. The number of hydrogen-bond acceptors (Lipinski definition) is 4. The minimum atomic E-state index is -0.481. The number of nitrogens with zero attached hydrogens (tertiary/aromatic N) is 2. The summed E-state index contributed by atoms with van der Waals surface area (Å²) in [6.07, 6.45) is 10.8. The molecule has 1 aliphatic rings. The molecule has 1 unspecified atom stereocenters. The number of anilines is 1. The average Bonchev–Trinajstić information content (AvgIpc) is 2.61. The van der Waals surface area contributed by atoms with Crippen LogP contribution in [-0.4, -0.2) is 18.3 Å². The maximum atomic E-state index is 12.2. The van der Waals surface area contributed by atoms with E-state index in [-0.39, 0.29) is 5.91 Å². The van der Waals surface area contributed by atoms with Crippen molar-refractivity contribution in [3.8, 4) is 0 Å². The Bertz CT molecular complexity index is 568. The van der Waals surface area contributed by atoms with Crippen molar-refractivity contribution in [2.45, 2.75) is 45.4 Å². The third-order valence-corrected chi connectivity index (χ3v) is 4.09. The summed E-state index contributed by atoms with van der Waals surface area (Å²) in [4.78, 5) is 12.2. The highest BCUT2D eigenvalue weighted by Gasteiger charge is 2.23. The first-order valence-corrected chi connectivity index (χ1v) is 8.86. The van der Waals surface area contributed by atoms with Crippen molar-refractivity contribution < 1.29 is 4.79 Å². The van der Waals surface area contributed by atoms with Crippen molar-refractivity contribution in [2.75, 3.05) is 11.6 Å². The van der Waals surface area contributed by atoms with E-state index in [0.29, 0.717) is 12.4 Å². The van der Waals surface area contributed by atoms with E-state index in [9.17, 15) is 4.79 Å². The van der Waals surface area contributed by atoms with Crippen LogP contribution in [0.1, 0.15) is 45.4 Å². The SMILES string of the molecule is CCCCCCCCNC(=O)C1C=CN(c2ccccc2)N=C1N. The zero-order chi connectivity index (χ0) is 17.2. The summed E-state index contributed by atoms with van der Waals surface area (Å²) in [7, 11) is 0. The van der Waals surface area contributed by atoms with Gasteiger partial charge in [-0.25, -0.2) is 5.01 Å². The van der Waals surface area contributed by atoms with Crippen LogP contribution in [0.15, 0.2) is 47.7 Å². The highest BCUT2D eigenvalue weighted by molar-refractivity contribution is 6.05. The zero-order valence-electron chi connectivity index (χ0n) is 14.4. The summed E-state index contributed by atoms with van der Waals surface area (Å²) in [5.74, 6) is -0.236. The highest BCUT2D eigenvalue weighted by Crippen LogP contribution is 2.18. The minimum absolute atomic E-state index is 0.0752. The molecule has 0 aliphatic carbocycles. The number of amides is 1. The van der Waals surface area contributed by atoms with Gasteiger partial charge in [-0.1, -0.05) is 57.2 Å². The normalized spacial score (nSPS) is 16.8. The van der Waals surface area contributed by atoms with Gasteiger partial charge in [-0.05, 0) is 24.6 Å². The van der Waals surface area contributed by atoms with Crippen molar-refractivity contribution in [2.24, 2.45) is 16.8 Å². The molecule has 0 radical (unpaired) electrons. The van der Waals surface area contributed by atoms with Crippen LogP contribution in [0.2, 0.25) is 0 Å².